The highest BCUT2D eigenvalue weighted by Gasteiger charge is 2.53. The number of hydrogen-bond acceptors (Lipinski definition) is 4. The molecule has 3 aliphatic rings. The average Bonchev–Trinajstić information content (AvgIpc) is 2.79. The molecule has 0 radical (unpaired) electrons. The van der Waals surface area contributed by atoms with Crippen molar-refractivity contribution in [1.29, 1.82) is 0 Å². The summed E-state index contributed by atoms with van der Waals surface area (Å²) in [5, 5.41) is 9.91. The second kappa shape index (κ2) is 3.63. The van der Waals surface area contributed by atoms with Gasteiger partial charge in [0.15, 0.2) is 5.79 Å². The van der Waals surface area contributed by atoms with E-state index < -0.39 is 23.8 Å². The van der Waals surface area contributed by atoms with Crippen LogP contribution in [0.25, 0.3) is 0 Å². The predicted octanol–water partition coefficient (Wildman–Crippen LogP) is 1.12. The van der Waals surface area contributed by atoms with Crippen LogP contribution in [0.1, 0.15) is 32.1 Å². The van der Waals surface area contributed by atoms with Crippen LogP contribution in [-0.2, 0) is 14.2 Å². The minimum Gasteiger partial charge on any atom is -0.390 e. The van der Waals surface area contributed by atoms with Gasteiger partial charge in [0.05, 0.1) is 18.3 Å². The molecule has 2 atom stereocenters. The zero-order valence-corrected chi connectivity index (χ0v) is 9.15. The Morgan fingerprint density at radius 3 is 2.38 bits per heavy atom. The standard InChI is InChI=1S/C11H17FO4/c12-9-7-15-11(16-9)4-2-10(3-5-11)8(13)1-6-14-10/h8-9,13H,1-7H2. The van der Waals surface area contributed by atoms with Crippen LogP contribution >= 0.6 is 0 Å². The van der Waals surface area contributed by atoms with E-state index >= 15 is 0 Å². The first kappa shape index (κ1) is 10.9. The van der Waals surface area contributed by atoms with Crippen molar-refractivity contribution >= 4 is 0 Å². The highest BCUT2D eigenvalue weighted by molar-refractivity contribution is 4.99. The first-order valence-corrected chi connectivity index (χ1v) is 5.92. The molecular weight excluding hydrogens is 215 g/mol. The lowest BCUT2D eigenvalue weighted by atomic mass is 9.78. The number of alkyl halides is 1. The van der Waals surface area contributed by atoms with Crippen LogP contribution < -0.4 is 0 Å². The molecule has 3 fully saturated rings. The van der Waals surface area contributed by atoms with Crippen LogP contribution in [-0.4, -0.2) is 42.2 Å². The van der Waals surface area contributed by atoms with Gasteiger partial charge in [0.2, 0.25) is 6.36 Å². The Bertz CT molecular complexity index is 275. The molecule has 16 heavy (non-hydrogen) atoms. The maximum atomic E-state index is 13.0. The molecule has 2 aliphatic heterocycles. The quantitative estimate of drug-likeness (QED) is 0.680. The van der Waals surface area contributed by atoms with Crippen molar-refractivity contribution in [1.82, 2.24) is 0 Å². The number of aliphatic hydroxyl groups is 1. The molecule has 2 saturated heterocycles. The van der Waals surface area contributed by atoms with E-state index in [1.54, 1.807) is 0 Å². The summed E-state index contributed by atoms with van der Waals surface area (Å²) in [5.41, 5.74) is -0.424. The van der Waals surface area contributed by atoms with Gasteiger partial charge >= 0.3 is 0 Å². The van der Waals surface area contributed by atoms with Gasteiger partial charge in [0.25, 0.3) is 0 Å². The van der Waals surface area contributed by atoms with E-state index in [1.807, 2.05) is 0 Å². The Morgan fingerprint density at radius 2 is 1.88 bits per heavy atom. The van der Waals surface area contributed by atoms with Gasteiger partial charge < -0.3 is 19.3 Å². The molecule has 1 N–H and O–H groups in total. The van der Waals surface area contributed by atoms with Crippen LogP contribution in [0, 0.1) is 0 Å². The summed E-state index contributed by atoms with van der Waals surface area (Å²) >= 11 is 0. The molecule has 1 aliphatic carbocycles. The number of halogens is 1. The van der Waals surface area contributed by atoms with Crippen molar-refractivity contribution < 1.29 is 23.7 Å². The summed E-state index contributed by atoms with van der Waals surface area (Å²) in [6.07, 6.45) is 1.56. The molecule has 92 valence electrons. The van der Waals surface area contributed by atoms with Gasteiger partial charge in [-0.15, -0.1) is 0 Å². The van der Waals surface area contributed by atoms with Gasteiger partial charge in [0, 0.05) is 12.8 Å². The average molecular weight is 232 g/mol. The van der Waals surface area contributed by atoms with Crippen LogP contribution in [0.4, 0.5) is 4.39 Å². The second-order valence-corrected chi connectivity index (χ2v) is 4.97. The molecule has 0 bridgehead atoms. The lowest BCUT2D eigenvalue weighted by molar-refractivity contribution is -0.229. The largest absolute Gasteiger partial charge is 0.390 e. The minimum absolute atomic E-state index is 0.0242. The van der Waals surface area contributed by atoms with Crippen LogP contribution in [0.2, 0.25) is 0 Å². The van der Waals surface area contributed by atoms with E-state index in [2.05, 4.69) is 0 Å². The zero-order chi connectivity index (χ0) is 11.2. The van der Waals surface area contributed by atoms with E-state index in [4.69, 9.17) is 14.2 Å². The highest BCUT2D eigenvalue weighted by Crippen LogP contribution is 2.47. The van der Waals surface area contributed by atoms with Crippen LogP contribution in [0.15, 0.2) is 0 Å². The Balaban J connectivity index is 1.68. The summed E-state index contributed by atoms with van der Waals surface area (Å²) in [4.78, 5) is 0. The fourth-order valence-electron chi connectivity index (χ4n) is 3.05. The number of rotatable bonds is 0. The Labute approximate surface area is 93.7 Å². The molecule has 0 amide bonds. The van der Waals surface area contributed by atoms with E-state index in [9.17, 15) is 9.50 Å². The third-order valence-corrected chi connectivity index (χ3v) is 4.07. The molecule has 0 aromatic heterocycles. The van der Waals surface area contributed by atoms with Gasteiger partial charge in [-0.05, 0) is 19.3 Å². The van der Waals surface area contributed by atoms with Crippen molar-refractivity contribution in [3.63, 3.8) is 0 Å². The first-order valence-electron chi connectivity index (χ1n) is 5.92. The van der Waals surface area contributed by atoms with Crippen molar-refractivity contribution in [3.8, 4) is 0 Å². The van der Waals surface area contributed by atoms with Gasteiger partial charge in [0.1, 0.15) is 6.61 Å². The summed E-state index contributed by atoms with van der Waals surface area (Å²) in [7, 11) is 0. The molecule has 5 heteroatoms. The molecule has 0 aromatic rings. The van der Waals surface area contributed by atoms with Gasteiger partial charge in [-0.1, -0.05) is 0 Å². The number of aliphatic hydroxyl groups excluding tert-OH is 1. The minimum atomic E-state index is -1.30. The molecular formula is C11H17FO4. The van der Waals surface area contributed by atoms with Crippen molar-refractivity contribution in [2.45, 2.75) is 56.0 Å². The maximum Gasteiger partial charge on any atom is 0.225 e. The number of hydrogen-bond donors (Lipinski definition) is 1. The molecule has 2 spiro atoms. The normalized spacial score (nSPS) is 52.9. The van der Waals surface area contributed by atoms with Crippen molar-refractivity contribution in [3.05, 3.63) is 0 Å². The third-order valence-electron chi connectivity index (χ3n) is 4.07. The summed E-state index contributed by atoms with van der Waals surface area (Å²) in [5.74, 6) is -0.754. The van der Waals surface area contributed by atoms with E-state index in [-0.39, 0.29) is 6.61 Å². The monoisotopic (exact) mass is 232 g/mol. The van der Waals surface area contributed by atoms with E-state index in [0.717, 1.165) is 0 Å². The van der Waals surface area contributed by atoms with Gasteiger partial charge in [-0.25, -0.2) is 4.39 Å². The van der Waals surface area contributed by atoms with E-state index in [1.165, 1.54) is 0 Å². The van der Waals surface area contributed by atoms with Crippen molar-refractivity contribution in [2.75, 3.05) is 13.2 Å². The lowest BCUT2D eigenvalue weighted by Crippen LogP contribution is -2.48. The highest BCUT2D eigenvalue weighted by atomic mass is 19.1. The fraction of sp³-hybridized carbons (Fsp3) is 1.00. The zero-order valence-electron chi connectivity index (χ0n) is 9.15. The molecule has 0 aromatic carbocycles. The fourth-order valence-corrected chi connectivity index (χ4v) is 3.05. The first-order chi connectivity index (χ1) is 7.64. The predicted molar refractivity (Wildman–Crippen MR) is 52.4 cm³/mol. The van der Waals surface area contributed by atoms with E-state index in [0.29, 0.717) is 38.7 Å². The topological polar surface area (TPSA) is 47.9 Å². The number of ether oxygens (including phenoxy) is 3. The molecule has 4 nitrogen and oxygen atoms in total. The summed E-state index contributed by atoms with van der Waals surface area (Å²) < 4.78 is 29.2. The van der Waals surface area contributed by atoms with Crippen LogP contribution in [0.3, 0.4) is 0 Å². The SMILES string of the molecule is OC1CCOC12CCC1(CC2)OCC(F)O1. The van der Waals surface area contributed by atoms with Crippen molar-refractivity contribution in [2.24, 2.45) is 0 Å². The van der Waals surface area contributed by atoms with Gasteiger partial charge in [-0.2, -0.15) is 0 Å². The third kappa shape index (κ3) is 1.57. The molecule has 2 unspecified atom stereocenters. The Kier molecular flexibility index (Phi) is 2.47. The molecule has 2 heterocycles. The van der Waals surface area contributed by atoms with Gasteiger partial charge in [-0.3, -0.25) is 0 Å². The summed E-state index contributed by atoms with van der Waals surface area (Å²) in [6.45, 7) is 0.637. The Hall–Kier alpha value is -0.230. The smallest absolute Gasteiger partial charge is 0.225 e. The van der Waals surface area contributed by atoms with Crippen LogP contribution in [0.5, 0.6) is 0 Å². The molecule has 3 rings (SSSR count). The molecule has 1 saturated carbocycles. The lowest BCUT2D eigenvalue weighted by Gasteiger charge is -2.42. The summed E-state index contributed by atoms with van der Waals surface area (Å²) in [6, 6.07) is 0. The Morgan fingerprint density at radius 1 is 1.12 bits per heavy atom. The maximum absolute atomic E-state index is 13.0. The second-order valence-electron chi connectivity index (χ2n) is 4.97.